The number of carboxylic acid groups (broad SMARTS) is 1. The summed E-state index contributed by atoms with van der Waals surface area (Å²) in [5.74, 6) is -0.470. The lowest BCUT2D eigenvalue weighted by Crippen LogP contribution is -2.24. The van der Waals surface area contributed by atoms with Crippen LogP contribution in [0.4, 0.5) is 0 Å². The fourth-order valence-electron chi connectivity index (χ4n) is 2.08. The van der Waals surface area contributed by atoms with E-state index in [9.17, 15) is 9.90 Å². The van der Waals surface area contributed by atoms with Gasteiger partial charge in [-0.05, 0) is 36.4 Å². The number of methoxy groups -OCH3 is 1. The number of carbonyl (C=O) groups is 1. The highest BCUT2D eigenvalue weighted by atomic mass is 16.5. The third-order valence-electron chi connectivity index (χ3n) is 3.09. The SMILES string of the molecule is COc1ccc(-c2cn3c(C(=O)[O-])cccc3n2)cc1. The summed E-state index contributed by atoms with van der Waals surface area (Å²) < 4.78 is 6.61. The van der Waals surface area contributed by atoms with Crippen molar-refractivity contribution >= 4 is 11.6 Å². The molecule has 20 heavy (non-hydrogen) atoms. The average Bonchev–Trinajstić information content (AvgIpc) is 2.90. The van der Waals surface area contributed by atoms with Gasteiger partial charge in [-0.25, -0.2) is 4.98 Å². The summed E-state index contributed by atoms with van der Waals surface area (Å²) in [4.78, 5) is 15.5. The smallest absolute Gasteiger partial charge is 0.137 e. The number of hydrogen-bond acceptors (Lipinski definition) is 4. The molecule has 0 N–H and O–H groups in total. The van der Waals surface area contributed by atoms with Crippen LogP contribution >= 0.6 is 0 Å². The third kappa shape index (κ3) is 1.99. The molecule has 0 radical (unpaired) electrons. The molecule has 0 saturated heterocycles. The highest BCUT2D eigenvalue weighted by Gasteiger charge is 2.07. The van der Waals surface area contributed by atoms with Crippen molar-refractivity contribution in [2.45, 2.75) is 0 Å². The molecule has 2 heterocycles. The lowest BCUT2D eigenvalue weighted by Gasteiger charge is -2.04. The molecular weight excluding hydrogens is 256 g/mol. The predicted octanol–water partition coefficient (Wildman–Crippen LogP) is 1.37. The topological polar surface area (TPSA) is 66.7 Å². The first-order valence-corrected chi connectivity index (χ1v) is 6.03. The Kier molecular flexibility index (Phi) is 2.87. The molecule has 0 atom stereocenters. The largest absolute Gasteiger partial charge is 0.543 e. The van der Waals surface area contributed by atoms with Gasteiger partial charge in [-0.2, -0.15) is 0 Å². The van der Waals surface area contributed by atoms with Crippen LogP contribution < -0.4 is 9.84 Å². The molecule has 0 aliphatic heterocycles. The molecule has 2 aromatic heterocycles. The van der Waals surface area contributed by atoms with Crippen molar-refractivity contribution in [3.8, 4) is 17.0 Å². The minimum atomic E-state index is -1.23. The maximum Gasteiger partial charge on any atom is 0.137 e. The van der Waals surface area contributed by atoms with Crippen LogP contribution in [-0.4, -0.2) is 22.5 Å². The Morgan fingerprint density at radius 3 is 2.60 bits per heavy atom. The Morgan fingerprint density at radius 1 is 1.20 bits per heavy atom. The molecule has 0 amide bonds. The van der Waals surface area contributed by atoms with E-state index in [0.29, 0.717) is 11.3 Å². The van der Waals surface area contributed by atoms with Gasteiger partial charge in [-0.1, -0.05) is 6.07 Å². The quantitative estimate of drug-likeness (QED) is 0.719. The lowest BCUT2D eigenvalue weighted by atomic mass is 10.2. The summed E-state index contributed by atoms with van der Waals surface area (Å²) in [6.45, 7) is 0. The number of ether oxygens (including phenoxy) is 1. The molecule has 0 saturated carbocycles. The van der Waals surface area contributed by atoms with Gasteiger partial charge in [0.15, 0.2) is 0 Å². The standard InChI is InChI=1S/C15H12N2O3/c1-20-11-7-5-10(6-8-11)12-9-17-13(15(18)19)3-2-4-14(17)16-12/h2-9H,1H3,(H,18,19)/p-1. The predicted molar refractivity (Wildman–Crippen MR) is 71.5 cm³/mol. The lowest BCUT2D eigenvalue weighted by molar-refractivity contribution is -0.255. The van der Waals surface area contributed by atoms with E-state index in [0.717, 1.165) is 11.3 Å². The van der Waals surface area contributed by atoms with Gasteiger partial charge in [0.25, 0.3) is 0 Å². The van der Waals surface area contributed by atoms with Crippen molar-refractivity contribution in [3.63, 3.8) is 0 Å². The van der Waals surface area contributed by atoms with Crippen molar-refractivity contribution < 1.29 is 14.6 Å². The molecule has 0 unspecified atom stereocenters. The number of pyridine rings is 1. The van der Waals surface area contributed by atoms with Gasteiger partial charge in [-0.3, -0.25) is 4.40 Å². The summed E-state index contributed by atoms with van der Waals surface area (Å²) in [7, 11) is 1.60. The third-order valence-corrected chi connectivity index (χ3v) is 3.09. The van der Waals surface area contributed by atoms with Gasteiger partial charge < -0.3 is 14.6 Å². The van der Waals surface area contributed by atoms with E-state index >= 15 is 0 Å². The van der Waals surface area contributed by atoms with E-state index < -0.39 is 5.97 Å². The first kappa shape index (κ1) is 12.2. The summed E-state index contributed by atoms with van der Waals surface area (Å²) in [5, 5.41) is 11.1. The van der Waals surface area contributed by atoms with Gasteiger partial charge in [0, 0.05) is 11.8 Å². The second-order valence-electron chi connectivity index (χ2n) is 4.28. The van der Waals surface area contributed by atoms with Crippen LogP contribution in [0.25, 0.3) is 16.9 Å². The molecule has 0 aliphatic carbocycles. The van der Waals surface area contributed by atoms with Gasteiger partial charge in [0.1, 0.15) is 11.4 Å². The Hall–Kier alpha value is -2.82. The number of rotatable bonds is 3. The van der Waals surface area contributed by atoms with Gasteiger partial charge in [0.05, 0.1) is 24.5 Å². The summed E-state index contributed by atoms with van der Waals surface area (Å²) in [6, 6.07) is 12.3. The summed E-state index contributed by atoms with van der Waals surface area (Å²) in [6.07, 6.45) is 1.68. The van der Waals surface area contributed by atoms with E-state index in [2.05, 4.69) is 4.98 Å². The van der Waals surface area contributed by atoms with Crippen LogP contribution in [0, 0.1) is 0 Å². The van der Waals surface area contributed by atoms with Crippen molar-refractivity contribution in [2.24, 2.45) is 0 Å². The number of hydrogen-bond donors (Lipinski definition) is 0. The normalized spacial score (nSPS) is 10.7. The average molecular weight is 267 g/mol. The summed E-state index contributed by atoms with van der Waals surface area (Å²) in [5.41, 5.74) is 2.23. The Balaban J connectivity index is 2.12. The molecular formula is C15H11N2O3-. The minimum Gasteiger partial charge on any atom is -0.543 e. The van der Waals surface area contributed by atoms with Crippen LogP contribution in [0.3, 0.4) is 0 Å². The van der Waals surface area contributed by atoms with E-state index in [-0.39, 0.29) is 5.69 Å². The van der Waals surface area contributed by atoms with Crippen molar-refractivity contribution in [1.29, 1.82) is 0 Å². The highest BCUT2D eigenvalue weighted by Crippen LogP contribution is 2.22. The Morgan fingerprint density at radius 2 is 1.95 bits per heavy atom. The zero-order chi connectivity index (χ0) is 14.1. The fraction of sp³-hybridized carbons (Fsp3) is 0.0667. The van der Waals surface area contributed by atoms with E-state index in [1.54, 1.807) is 25.4 Å². The van der Waals surface area contributed by atoms with Crippen molar-refractivity contribution in [1.82, 2.24) is 9.38 Å². The monoisotopic (exact) mass is 267 g/mol. The zero-order valence-electron chi connectivity index (χ0n) is 10.7. The number of aromatic carboxylic acids is 1. The number of carboxylic acids is 1. The molecule has 100 valence electrons. The maximum absolute atomic E-state index is 11.1. The Labute approximate surface area is 115 Å². The van der Waals surface area contributed by atoms with Crippen molar-refractivity contribution in [2.75, 3.05) is 7.11 Å². The van der Waals surface area contributed by atoms with Gasteiger partial charge >= 0.3 is 0 Å². The second kappa shape index (κ2) is 4.70. The number of aromatic nitrogens is 2. The fourth-order valence-corrected chi connectivity index (χ4v) is 2.08. The molecule has 5 nitrogen and oxygen atoms in total. The van der Waals surface area contributed by atoms with E-state index in [1.165, 1.54) is 10.5 Å². The molecule has 0 fully saturated rings. The summed E-state index contributed by atoms with van der Waals surface area (Å²) >= 11 is 0. The molecule has 0 spiro atoms. The van der Waals surface area contributed by atoms with E-state index in [1.807, 2.05) is 24.3 Å². The van der Waals surface area contributed by atoms with Crippen LogP contribution in [-0.2, 0) is 0 Å². The molecule has 3 aromatic rings. The minimum absolute atomic E-state index is 0.0785. The zero-order valence-corrected chi connectivity index (χ0v) is 10.7. The molecule has 0 aliphatic rings. The molecule has 3 rings (SSSR count). The van der Waals surface area contributed by atoms with Crippen molar-refractivity contribution in [3.05, 3.63) is 54.4 Å². The number of carbonyl (C=O) groups excluding carboxylic acids is 1. The van der Waals surface area contributed by atoms with Crippen LogP contribution in [0.2, 0.25) is 0 Å². The van der Waals surface area contributed by atoms with Gasteiger partial charge in [-0.15, -0.1) is 0 Å². The first-order valence-electron chi connectivity index (χ1n) is 6.03. The number of nitrogens with zero attached hydrogens (tertiary/aromatic N) is 2. The second-order valence-corrected chi connectivity index (χ2v) is 4.28. The van der Waals surface area contributed by atoms with Crippen LogP contribution in [0.5, 0.6) is 5.75 Å². The maximum atomic E-state index is 11.1. The van der Waals surface area contributed by atoms with Crippen LogP contribution in [0.1, 0.15) is 10.5 Å². The first-order chi connectivity index (χ1) is 9.69. The van der Waals surface area contributed by atoms with E-state index in [4.69, 9.17) is 4.74 Å². The molecule has 1 aromatic carbocycles. The Bertz CT molecular complexity index is 775. The number of imidazole rings is 1. The van der Waals surface area contributed by atoms with Gasteiger partial charge in [0.2, 0.25) is 0 Å². The molecule has 0 bridgehead atoms. The highest BCUT2D eigenvalue weighted by molar-refractivity contribution is 5.85. The number of fused-ring (bicyclic) bond motifs is 1. The molecule has 5 heteroatoms. The van der Waals surface area contributed by atoms with Crippen LogP contribution in [0.15, 0.2) is 48.7 Å². The number of benzene rings is 1.